The van der Waals surface area contributed by atoms with E-state index in [1.807, 2.05) is 0 Å². The Morgan fingerprint density at radius 3 is 2.68 bits per heavy atom. The van der Waals surface area contributed by atoms with Crippen molar-refractivity contribution in [2.24, 2.45) is 0 Å². The van der Waals surface area contributed by atoms with Gasteiger partial charge in [0.05, 0.1) is 40.7 Å². The molecule has 2 aromatic heterocycles. The molecule has 41 heavy (non-hydrogen) atoms. The van der Waals surface area contributed by atoms with Crippen molar-refractivity contribution in [1.29, 1.82) is 0 Å². The molecule has 0 aliphatic carbocycles. The number of nitrogens with one attached hydrogen (secondary N) is 1. The first kappa shape index (κ1) is 29.3. The van der Waals surface area contributed by atoms with Gasteiger partial charge in [0.1, 0.15) is 23.4 Å². The molecule has 2 aliphatic heterocycles. The van der Waals surface area contributed by atoms with Crippen molar-refractivity contribution < 1.29 is 41.3 Å². The number of carbonyl (C=O) groups is 1. The summed E-state index contributed by atoms with van der Waals surface area (Å²) in [6.07, 6.45) is 2.88. The zero-order valence-electron chi connectivity index (χ0n) is 22.3. The van der Waals surface area contributed by atoms with E-state index in [1.54, 1.807) is 24.4 Å². The fourth-order valence-electron chi connectivity index (χ4n) is 5.36. The summed E-state index contributed by atoms with van der Waals surface area (Å²) in [5.41, 5.74) is 0.637. The third-order valence-corrected chi connectivity index (χ3v) is 10.6. The summed E-state index contributed by atoms with van der Waals surface area (Å²) in [7, 11) is -7.20. The molecule has 2 aliphatic rings. The van der Waals surface area contributed by atoms with Crippen LogP contribution in [0.1, 0.15) is 19.3 Å². The van der Waals surface area contributed by atoms with Crippen LogP contribution in [0.25, 0.3) is 11.0 Å². The smallest absolute Gasteiger partial charge is 0.407 e. The fourth-order valence-corrected chi connectivity index (χ4v) is 7.43. The topological polar surface area (TPSA) is 179 Å². The molecule has 1 spiro atoms. The second-order valence-electron chi connectivity index (χ2n) is 10.5. The molecular weight excluding hydrogens is 576 g/mol. The Bertz CT molecular complexity index is 1630. The minimum Gasteiger partial charge on any atom is -0.491 e. The number of piperidine rings is 1. The number of amides is 1. The van der Waals surface area contributed by atoms with Gasteiger partial charge in [0.2, 0.25) is 10.0 Å². The molecule has 0 radical (unpaired) electrons. The van der Waals surface area contributed by atoms with E-state index < -0.39 is 43.7 Å². The number of pyridine rings is 1. The van der Waals surface area contributed by atoms with Gasteiger partial charge in [0.25, 0.3) is 0 Å². The maximum Gasteiger partial charge on any atom is 0.407 e. The van der Waals surface area contributed by atoms with Gasteiger partial charge in [-0.2, -0.15) is 4.31 Å². The van der Waals surface area contributed by atoms with E-state index >= 15 is 0 Å². The molecule has 1 amide bonds. The lowest BCUT2D eigenvalue weighted by atomic mass is 9.88. The van der Waals surface area contributed by atoms with Crippen LogP contribution in [0.3, 0.4) is 0 Å². The maximum absolute atomic E-state index is 13.2. The van der Waals surface area contributed by atoms with Gasteiger partial charge < -0.3 is 29.6 Å². The van der Waals surface area contributed by atoms with Gasteiger partial charge in [0.15, 0.2) is 9.84 Å². The number of carboxylic acid groups (broad SMARTS) is 1. The Balaban J connectivity index is 1.17. The number of fused-ring (bicyclic) bond motifs is 1. The van der Waals surface area contributed by atoms with Crippen LogP contribution in [-0.2, 0) is 24.6 Å². The second-order valence-corrected chi connectivity index (χ2v) is 14.4. The first-order chi connectivity index (χ1) is 19.4. The SMILES string of the molecule is CS(=O)(=O)c1cccc(OCC(O)CN(C(=O)O)C2COC3(CCN(S(=O)(=O)c4cnc5cc[nH]c5c4)CC3)C2)c1. The van der Waals surface area contributed by atoms with Crippen LogP contribution < -0.4 is 4.74 Å². The molecule has 4 heterocycles. The third-order valence-electron chi connectivity index (χ3n) is 7.60. The monoisotopic (exact) mass is 608 g/mol. The summed E-state index contributed by atoms with van der Waals surface area (Å²) in [6, 6.07) is 8.63. The number of ether oxygens (including phenoxy) is 2. The van der Waals surface area contributed by atoms with Crippen LogP contribution in [0.2, 0.25) is 0 Å². The second kappa shape index (κ2) is 11.2. The highest BCUT2D eigenvalue weighted by molar-refractivity contribution is 7.90. The summed E-state index contributed by atoms with van der Waals surface area (Å²) < 4.78 is 63.0. The van der Waals surface area contributed by atoms with Crippen molar-refractivity contribution in [3.8, 4) is 5.75 Å². The third kappa shape index (κ3) is 6.33. The van der Waals surface area contributed by atoms with Crippen molar-refractivity contribution in [2.45, 2.75) is 46.8 Å². The molecular formula is C26H32N4O9S2. The first-order valence-corrected chi connectivity index (χ1v) is 16.4. The van der Waals surface area contributed by atoms with Crippen molar-refractivity contribution in [2.75, 3.05) is 39.1 Å². The van der Waals surface area contributed by atoms with Gasteiger partial charge in [-0.05, 0) is 49.6 Å². The number of rotatable bonds is 9. The van der Waals surface area contributed by atoms with E-state index in [-0.39, 0.29) is 48.4 Å². The van der Waals surface area contributed by atoms with Gasteiger partial charge >= 0.3 is 6.09 Å². The molecule has 2 saturated heterocycles. The summed E-state index contributed by atoms with van der Waals surface area (Å²) in [6.45, 7) is 0.0733. The van der Waals surface area contributed by atoms with Crippen molar-refractivity contribution in [1.82, 2.24) is 19.2 Å². The number of sulfone groups is 1. The van der Waals surface area contributed by atoms with E-state index in [9.17, 15) is 31.8 Å². The molecule has 222 valence electrons. The van der Waals surface area contributed by atoms with Crippen molar-refractivity contribution in [3.05, 3.63) is 48.8 Å². The number of aromatic nitrogens is 2. The van der Waals surface area contributed by atoms with Crippen LogP contribution in [0, 0.1) is 0 Å². The van der Waals surface area contributed by atoms with E-state index in [2.05, 4.69) is 9.97 Å². The lowest BCUT2D eigenvalue weighted by Gasteiger charge is -2.38. The lowest BCUT2D eigenvalue weighted by molar-refractivity contribution is -0.0319. The highest BCUT2D eigenvalue weighted by Crippen LogP contribution is 2.39. The van der Waals surface area contributed by atoms with E-state index in [4.69, 9.17) is 9.47 Å². The molecule has 2 fully saturated rings. The lowest BCUT2D eigenvalue weighted by Crippen LogP contribution is -2.48. The highest BCUT2D eigenvalue weighted by Gasteiger charge is 2.47. The van der Waals surface area contributed by atoms with Crippen molar-refractivity contribution in [3.63, 3.8) is 0 Å². The number of aromatic amines is 1. The number of hydrogen-bond donors (Lipinski definition) is 3. The van der Waals surface area contributed by atoms with Gasteiger partial charge in [-0.3, -0.25) is 4.98 Å². The Labute approximate surface area is 237 Å². The van der Waals surface area contributed by atoms with Crippen molar-refractivity contribution >= 4 is 37.0 Å². The number of benzene rings is 1. The van der Waals surface area contributed by atoms with E-state index in [1.165, 1.54) is 28.7 Å². The molecule has 3 N–H and O–H groups in total. The summed E-state index contributed by atoms with van der Waals surface area (Å²) in [4.78, 5) is 20.6. The molecule has 3 aromatic rings. The summed E-state index contributed by atoms with van der Waals surface area (Å²) >= 11 is 0. The average molecular weight is 609 g/mol. The summed E-state index contributed by atoms with van der Waals surface area (Å²) in [5.74, 6) is 0.238. The Kier molecular flexibility index (Phi) is 8.00. The molecule has 0 saturated carbocycles. The molecule has 5 rings (SSSR count). The maximum atomic E-state index is 13.2. The normalized spacial score (nSPS) is 20.3. The Morgan fingerprint density at radius 2 is 1.98 bits per heavy atom. The predicted octanol–water partition coefficient (Wildman–Crippen LogP) is 1.70. The zero-order valence-corrected chi connectivity index (χ0v) is 24.0. The Hall–Kier alpha value is -3.24. The minimum absolute atomic E-state index is 0.0714. The molecule has 1 aromatic carbocycles. The standard InChI is InChI=1S/C26H32N4O9S2/c1-40(34,35)21-4-2-3-20(11-21)38-17-19(31)15-30(25(32)33)18-13-26(39-16-18)6-9-29(10-7-26)41(36,37)22-12-24-23(28-14-22)5-8-27-24/h2-5,8,11-12,14,18-19,27,31H,6-7,9-10,13,15-17H2,1H3,(H,32,33). The van der Waals surface area contributed by atoms with Crippen LogP contribution in [0.5, 0.6) is 5.75 Å². The highest BCUT2D eigenvalue weighted by atomic mass is 32.2. The average Bonchev–Trinajstić information content (AvgIpc) is 3.57. The number of aliphatic hydroxyl groups is 1. The first-order valence-electron chi connectivity index (χ1n) is 13.0. The molecule has 0 bridgehead atoms. The summed E-state index contributed by atoms with van der Waals surface area (Å²) in [5, 5.41) is 20.4. The zero-order chi connectivity index (χ0) is 29.4. The van der Waals surface area contributed by atoms with Crippen LogP contribution in [0.15, 0.2) is 58.6 Å². The van der Waals surface area contributed by atoms with Gasteiger partial charge in [-0.25, -0.2) is 21.6 Å². The largest absolute Gasteiger partial charge is 0.491 e. The molecule has 2 unspecified atom stereocenters. The molecule has 13 nitrogen and oxygen atoms in total. The minimum atomic E-state index is -3.77. The van der Waals surface area contributed by atoms with Crippen LogP contribution in [-0.4, -0.2) is 109 Å². The predicted molar refractivity (Wildman–Crippen MR) is 147 cm³/mol. The van der Waals surface area contributed by atoms with Crippen LogP contribution >= 0.6 is 0 Å². The molecule has 15 heteroatoms. The number of hydrogen-bond acceptors (Lipinski definition) is 9. The Morgan fingerprint density at radius 1 is 1.22 bits per heavy atom. The fraction of sp³-hybridized carbons (Fsp3) is 0.462. The van der Waals surface area contributed by atoms with Gasteiger partial charge in [-0.1, -0.05) is 6.07 Å². The van der Waals surface area contributed by atoms with Gasteiger partial charge in [-0.15, -0.1) is 0 Å². The van der Waals surface area contributed by atoms with E-state index in [0.717, 1.165) is 11.2 Å². The quantitative estimate of drug-likeness (QED) is 0.324. The number of sulfonamides is 1. The van der Waals surface area contributed by atoms with Gasteiger partial charge in [0, 0.05) is 31.7 Å². The van der Waals surface area contributed by atoms with Crippen LogP contribution in [0.4, 0.5) is 4.79 Å². The number of H-pyrrole nitrogens is 1. The van der Waals surface area contributed by atoms with E-state index in [0.29, 0.717) is 30.3 Å². The molecule has 2 atom stereocenters. The number of nitrogens with zero attached hydrogens (tertiary/aromatic N) is 3. The number of aliphatic hydroxyl groups excluding tert-OH is 1.